The first-order valence-corrected chi connectivity index (χ1v) is 8.33. The molecule has 0 saturated carbocycles. The van der Waals surface area contributed by atoms with Gasteiger partial charge in [0.15, 0.2) is 0 Å². The van der Waals surface area contributed by atoms with Crippen LogP contribution in [0.25, 0.3) is 11.4 Å². The Balaban J connectivity index is 1.49. The molecule has 3 aromatic rings. The Labute approximate surface area is 138 Å². The number of carbonyl (C=O) groups excluding carboxylic acids is 1. The van der Waals surface area contributed by atoms with Crippen LogP contribution in [-0.2, 0) is 17.8 Å². The Kier molecular flexibility index (Phi) is 4.83. The van der Waals surface area contributed by atoms with Crippen molar-refractivity contribution in [3.8, 4) is 11.4 Å². The van der Waals surface area contributed by atoms with Crippen LogP contribution in [0.1, 0.15) is 23.4 Å². The summed E-state index contributed by atoms with van der Waals surface area (Å²) in [5.74, 6) is 1.03. The first-order valence-electron chi connectivity index (χ1n) is 7.39. The number of amides is 1. The molecule has 0 spiro atoms. The highest BCUT2D eigenvalue weighted by molar-refractivity contribution is 7.08. The number of nitrogens with one attached hydrogen (secondary N) is 1. The van der Waals surface area contributed by atoms with Crippen molar-refractivity contribution in [1.29, 1.82) is 0 Å². The summed E-state index contributed by atoms with van der Waals surface area (Å²) in [6, 6.07) is 9.95. The van der Waals surface area contributed by atoms with Crippen LogP contribution < -0.4 is 5.32 Å². The molecule has 5 nitrogen and oxygen atoms in total. The summed E-state index contributed by atoms with van der Waals surface area (Å²) in [4.78, 5) is 16.2. The lowest BCUT2D eigenvalue weighted by Gasteiger charge is -2.07. The number of benzene rings is 1. The van der Waals surface area contributed by atoms with Crippen molar-refractivity contribution < 1.29 is 9.32 Å². The fraction of sp³-hybridized carbons (Fsp3) is 0.235. The van der Waals surface area contributed by atoms with Crippen molar-refractivity contribution in [3.63, 3.8) is 0 Å². The van der Waals surface area contributed by atoms with Crippen LogP contribution in [0, 0.1) is 6.92 Å². The van der Waals surface area contributed by atoms with Gasteiger partial charge in [0.25, 0.3) is 0 Å². The number of hydrogen-bond donors (Lipinski definition) is 1. The molecule has 1 amide bonds. The van der Waals surface area contributed by atoms with E-state index >= 15 is 0 Å². The highest BCUT2D eigenvalue weighted by atomic mass is 32.1. The van der Waals surface area contributed by atoms with E-state index in [1.165, 1.54) is 5.56 Å². The monoisotopic (exact) mass is 327 g/mol. The van der Waals surface area contributed by atoms with Crippen LogP contribution in [-0.4, -0.2) is 16.0 Å². The Hall–Kier alpha value is -2.47. The summed E-state index contributed by atoms with van der Waals surface area (Å²) in [5.41, 5.74) is 3.23. The van der Waals surface area contributed by atoms with E-state index in [9.17, 15) is 4.79 Å². The van der Waals surface area contributed by atoms with Gasteiger partial charge in [0.1, 0.15) is 0 Å². The Morgan fingerprint density at radius 1 is 1.30 bits per heavy atom. The lowest BCUT2D eigenvalue weighted by Crippen LogP contribution is -2.23. The molecule has 0 fully saturated rings. The molecule has 1 aromatic carbocycles. The second-order valence-corrected chi connectivity index (χ2v) is 6.01. The average Bonchev–Trinajstić information content (AvgIpc) is 3.23. The molecule has 0 atom stereocenters. The highest BCUT2D eigenvalue weighted by Crippen LogP contribution is 2.18. The molecule has 6 heteroatoms. The fourth-order valence-corrected chi connectivity index (χ4v) is 2.81. The van der Waals surface area contributed by atoms with Crippen molar-refractivity contribution in [2.75, 3.05) is 0 Å². The van der Waals surface area contributed by atoms with E-state index in [1.807, 2.05) is 48.0 Å². The standard InChI is InChI=1S/C17H17N3O2S/c1-12-4-2-3-5-13(12)10-18-15(21)6-7-16-19-17(20-22-16)14-8-9-23-11-14/h2-5,8-9,11H,6-7,10H2,1H3,(H,18,21). The van der Waals surface area contributed by atoms with E-state index in [2.05, 4.69) is 15.5 Å². The second-order valence-electron chi connectivity index (χ2n) is 5.23. The quantitative estimate of drug-likeness (QED) is 0.754. The van der Waals surface area contributed by atoms with Crippen LogP contribution in [0.5, 0.6) is 0 Å². The smallest absolute Gasteiger partial charge is 0.227 e. The van der Waals surface area contributed by atoms with Gasteiger partial charge in [-0.1, -0.05) is 29.4 Å². The number of thiophene rings is 1. The average molecular weight is 327 g/mol. The lowest BCUT2D eigenvalue weighted by atomic mass is 10.1. The van der Waals surface area contributed by atoms with Gasteiger partial charge in [0.2, 0.25) is 17.6 Å². The van der Waals surface area contributed by atoms with E-state index in [4.69, 9.17) is 4.52 Å². The van der Waals surface area contributed by atoms with Crippen LogP contribution in [0.15, 0.2) is 45.6 Å². The number of aromatic nitrogens is 2. The molecule has 0 unspecified atom stereocenters. The molecule has 0 radical (unpaired) electrons. The molecular formula is C17H17N3O2S. The van der Waals surface area contributed by atoms with Gasteiger partial charge in [-0.2, -0.15) is 16.3 Å². The molecule has 0 bridgehead atoms. The molecule has 2 heterocycles. The zero-order chi connectivity index (χ0) is 16.1. The number of hydrogen-bond acceptors (Lipinski definition) is 5. The zero-order valence-corrected chi connectivity index (χ0v) is 13.6. The summed E-state index contributed by atoms with van der Waals surface area (Å²) in [7, 11) is 0. The fourth-order valence-electron chi connectivity index (χ4n) is 2.18. The predicted octanol–water partition coefficient (Wildman–Crippen LogP) is 3.36. The summed E-state index contributed by atoms with van der Waals surface area (Å²) in [6.07, 6.45) is 0.772. The highest BCUT2D eigenvalue weighted by Gasteiger charge is 2.11. The third-order valence-electron chi connectivity index (χ3n) is 3.55. The van der Waals surface area contributed by atoms with E-state index in [1.54, 1.807) is 11.3 Å². The summed E-state index contributed by atoms with van der Waals surface area (Å²) < 4.78 is 5.18. The minimum absolute atomic E-state index is 0.0245. The van der Waals surface area contributed by atoms with Gasteiger partial charge in [0, 0.05) is 30.3 Å². The number of aryl methyl sites for hydroxylation is 2. The van der Waals surface area contributed by atoms with Crippen LogP contribution >= 0.6 is 11.3 Å². The normalized spacial score (nSPS) is 10.7. The Morgan fingerprint density at radius 2 is 2.17 bits per heavy atom. The molecule has 3 rings (SSSR count). The molecular weight excluding hydrogens is 310 g/mol. The maximum Gasteiger partial charge on any atom is 0.227 e. The third kappa shape index (κ3) is 4.04. The predicted molar refractivity (Wildman–Crippen MR) is 89.0 cm³/mol. The van der Waals surface area contributed by atoms with Gasteiger partial charge in [-0.25, -0.2) is 0 Å². The minimum Gasteiger partial charge on any atom is -0.352 e. The largest absolute Gasteiger partial charge is 0.352 e. The van der Waals surface area contributed by atoms with Gasteiger partial charge in [-0.15, -0.1) is 0 Å². The van der Waals surface area contributed by atoms with Crippen molar-refractivity contribution >= 4 is 17.2 Å². The molecule has 23 heavy (non-hydrogen) atoms. The molecule has 0 aliphatic rings. The third-order valence-corrected chi connectivity index (χ3v) is 4.23. The van der Waals surface area contributed by atoms with Gasteiger partial charge in [-0.3, -0.25) is 4.79 Å². The van der Waals surface area contributed by atoms with E-state index < -0.39 is 0 Å². The maximum atomic E-state index is 11.9. The Bertz CT molecular complexity index is 781. The van der Waals surface area contributed by atoms with E-state index in [-0.39, 0.29) is 5.91 Å². The minimum atomic E-state index is -0.0245. The number of rotatable bonds is 6. The number of carbonyl (C=O) groups is 1. The van der Waals surface area contributed by atoms with Crippen LogP contribution in [0.3, 0.4) is 0 Å². The molecule has 0 aliphatic heterocycles. The van der Waals surface area contributed by atoms with Crippen LogP contribution in [0.2, 0.25) is 0 Å². The molecule has 1 N–H and O–H groups in total. The topological polar surface area (TPSA) is 68.0 Å². The molecule has 118 valence electrons. The van der Waals surface area contributed by atoms with Crippen molar-refractivity contribution in [3.05, 3.63) is 58.1 Å². The zero-order valence-electron chi connectivity index (χ0n) is 12.8. The molecule has 0 aliphatic carbocycles. The maximum absolute atomic E-state index is 11.9. The second kappa shape index (κ2) is 7.19. The first-order chi connectivity index (χ1) is 11.2. The van der Waals surface area contributed by atoms with Crippen molar-refractivity contribution in [2.45, 2.75) is 26.3 Å². The lowest BCUT2D eigenvalue weighted by molar-refractivity contribution is -0.121. The number of nitrogens with zero attached hydrogens (tertiary/aromatic N) is 2. The van der Waals surface area contributed by atoms with E-state index in [0.717, 1.165) is 11.1 Å². The molecule has 2 aromatic heterocycles. The molecule has 0 saturated heterocycles. The van der Waals surface area contributed by atoms with Crippen molar-refractivity contribution in [2.24, 2.45) is 0 Å². The summed E-state index contributed by atoms with van der Waals surface area (Å²) >= 11 is 1.58. The Morgan fingerprint density at radius 3 is 2.96 bits per heavy atom. The SMILES string of the molecule is Cc1ccccc1CNC(=O)CCc1nc(-c2ccsc2)no1. The first kappa shape index (κ1) is 15.4. The van der Waals surface area contributed by atoms with Gasteiger partial charge in [0.05, 0.1) is 0 Å². The van der Waals surface area contributed by atoms with Gasteiger partial charge < -0.3 is 9.84 Å². The summed E-state index contributed by atoms with van der Waals surface area (Å²) in [6.45, 7) is 2.57. The van der Waals surface area contributed by atoms with Gasteiger partial charge in [-0.05, 0) is 29.5 Å². The van der Waals surface area contributed by atoms with Crippen LogP contribution in [0.4, 0.5) is 0 Å². The van der Waals surface area contributed by atoms with Gasteiger partial charge >= 0.3 is 0 Å². The van der Waals surface area contributed by atoms with Crippen molar-refractivity contribution in [1.82, 2.24) is 15.5 Å². The summed E-state index contributed by atoms with van der Waals surface area (Å²) in [5, 5.41) is 10.8. The van der Waals surface area contributed by atoms with E-state index in [0.29, 0.717) is 31.1 Å².